The zero-order valence-corrected chi connectivity index (χ0v) is 7.97. The van der Waals surface area contributed by atoms with Crippen LogP contribution >= 0.6 is 11.3 Å². The van der Waals surface area contributed by atoms with Crippen molar-refractivity contribution in [2.75, 3.05) is 13.2 Å². The van der Waals surface area contributed by atoms with Crippen molar-refractivity contribution in [2.24, 2.45) is 5.90 Å². The van der Waals surface area contributed by atoms with Gasteiger partial charge in [-0.3, -0.25) is 4.79 Å². The summed E-state index contributed by atoms with van der Waals surface area (Å²) >= 11 is 1.57. The van der Waals surface area contributed by atoms with E-state index >= 15 is 0 Å². The Bertz CT molecular complexity index is 249. The summed E-state index contributed by atoms with van der Waals surface area (Å²) in [5, 5.41) is 4.63. The Labute approximate surface area is 80.7 Å². The Balaban J connectivity index is 2.18. The van der Waals surface area contributed by atoms with Gasteiger partial charge in [-0.25, -0.2) is 5.90 Å². The largest absolute Gasteiger partial charge is 0.353 e. The van der Waals surface area contributed by atoms with Crippen LogP contribution in [0, 0.1) is 0 Å². The first-order chi connectivity index (χ1) is 6.33. The van der Waals surface area contributed by atoms with Crippen LogP contribution < -0.4 is 11.2 Å². The number of rotatable bonds is 5. The molecular formula is C8H12N2O2S. The molecule has 72 valence electrons. The van der Waals surface area contributed by atoms with Gasteiger partial charge in [-0.1, -0.05) is 6.07 Å². The molecule has 1 amide bonds. The minimum atomic E-state index is -0.000463. The summed E-state index contributed by atoms with van der Waals surface area (Å²) in [6, 6.07) is 3.86. The molecule has 1 rings (SSSR count). The number of nitrogens with two attached hydrogens (primary N) is 1. The molecule has 0 saturated heterocycles. The third-order valence-electron chi connectivity index (χ3n) is 1.46. The van der Waals surface area contributed by atoms with Crippen molar-refractivity contribution in [3.05, 3.63) is 22.4 Å². The fraction of sp³-hybridized carbons (Fsp3) is 0.375. The van der Waals surface area contributed by atoms with Gasteiger partial charge in [0.1, 0.15) is 0 Å². The van der Waals surface area contributed by atoms with Crippen molar-refractivity contribution < 1.29 is 9.63 Å². The molecule has 0 radical (unpaired) electrons. The SMILES string of the molecule is NOCCNC(=O)Cc1cccs1. The van der Waals surface area contributed by atoms with E-state index in [-0.39, 0.29) is 5.91 Å². The first-order valence-corrected chi connectivity index (χ1v) is 4.81. The van der Waals surface area contributed by atoms with Crippen molar-refractivity contribution in [3.63, 3.8) is 0 Å². The van der Waals surface area contributed by atoms with Crippen molar-refractivity contribution in [3.8, 4) is 0 Å². The van der Waals surface area contributed by atoms with Crippen molar-refractivity contribution >= 4 is 17.2 Å². The normalized spacial score (nSPS) is 9.92. The van der Waals surface area contributed by atoms with Gasteiger partial charge < -0.3 is 10.2 Å². The van der Waals surface area contributed by atoms with Gasteiger partial charge in [0.05, 0.1) is 13.0 Å². The average Bonchev–Trinajstić information content (AvgIpc) is 2.57. The maximum absolute atomic E-state index is 11.2. The van der Waals surface area contributed by atoms with E-state index in [2.05, 4.69) is 10.2 Å². The van der Waals surface area contributed by atoms with E-state index in [1.807, 2.05) is 17.5 Å². The van der Waals surface area contributed by atoms with Gasteiger partial charge in [0.15, 0.2) is 0 Å². The summed E-state index contributed by atoms with van der Waals surface area (Å²) in [5.41, 5.74) is 0. The van der Waals surface area contributed by atoms with Crippen molar-refractivity contribution in [1.82, 2.24) is 5.32 Å². The number of hydrogen-bond donors (Lipinski definition) is 2. The van der Waals surface area contributed by atoms with Crippen molar-refractivity contribution in [2.45, 2.75) is 6.42 Å². The topological polar surface area (TPSA) is 64.3 Å². The molecule has 1 heterocycles. The van der Waals surface area contributed by atoms with E-state index in [0.29, 0.717) is 19.6 Å². The number of carbonyl (C=O) groups is 1. The van der Waals surface area contributed by atoms with E-state index in [1.165, 1.54) is 0 Å². The third kappa shape index (κ3) is 4.02. The summed E-state index contributed by atoms with van der Waals surface area (Å²) < 4.78 is 0. The summed E-state index contributed by atoms with van der Waals surface area (Å²) in [7, 11) is 0. The number of nitrogens with one attached hydrogen (secondary N) is 1. The van der Waals surface area contributed by atoms with Gasteiger partial charge in [0.25, 0.3) is 0 Å². The van der Waals surface area contributed by atoms with Crippen LogP contribution in [0.5, 0.6) is 0 Å². The van der Waals surface area contributed by atoms with Crippen LogP contribution in [0.3, 0.4) is 0 Å². The van der Waals surface area contributed by atoms with Crippen molar-refractivity contribution in [1.29, 1.82) is 0 Å². The van der Waals surface area contributed by atoms with Gasteiger partial charge in [0, 0.05) is 11.4 Å². The summed E-state index contributed by atoms with van der Waals surface area (Å²) in [5.74, 6) is 4.80. The second-order valence-electron chi connectivity index (χ2n) is 2.48. The van der Waals surface area contributed by atoms with E-state index in [0.717, 1.165) is 4.88 Å². The first kappa shape index (κ1) is 10.2. The predicted molar refractivity (Wildman–Crippen MR) is 51.2 cm³/mol. The zero-order chi connectivity index (χ0) is 9.52. The first-order valence-electron chi connectivity index (χ1n) is 3.93. The Morgan fingerprint density at radius 3 is 3.15 bits per heavy atom. The highest BCUT2D eigenvalue weighted by atomic mass is 32.1. The fourth-order valence-electron chi connectivity index (χ4n) is 0.883. The highest BCUT2D eigenvalue weighted by Crippen LogP contribution is 2.08. The Hall–Kier alpha value is -0.910. The standard InChI is InChI=1S/C8H12N2O2S/c9-12-4-3-10-8(11)6-7-2-1-5-13-7/h1-2,5H,3-4,6,9H2,(H,10,11). The summed E-state index contributed by atoms with van der Waals surface area (Å²) in [6.07, 6.45) is 0.433. The van der Waals surface area contributed by atoms with Crippen LogP contribution in [0.1, 0.15) is 4.88 Å². The monoisotopic (exact) mass is 200 g/mol. The molecule has 0 aliphatic heterocycles. The van der Waals surface area contributed by atoms with Crippen LogP contribution in [-0.2, 0) is 16.1 Å². The summed E-state index contributed by atoms with van der Waals surface area (Å²) in [4.78, 5) is 16.6. The Morgan fingerprint density at radius 1 is 1.69 bits per heavy atom. The third-order valence-corrected chi connectivity index (χ3v) is 2.33. The quantitative estimate of drug-likeness (QED) is 0.530. The molecule has 0 bridgehead atoms. The molecule has 1 aromatic heterocycles. The molecule has 4 nitrogen and oxygen atoms in total. The van der Waals surface area contributed by atoms with Gasteiger partial charge >= 0.3 is 0 Å². The second kappa shape index (κ2) is 5.69. The van der Waals surface area contributed by atoms with Gasteiger partial charge in [-0.2, -0.15) is 0 Å². The molecule has 3 N–H and O–H groups in total. The second-order valence-corrected chi connectivity index (χ2v) is 3.51. The van der Waals surface area contributed by atoms with E-state index in [9.17, 15) is 4.79 Å². The lowest BCUT2D eigenvalue weighted by molar-refractivity contribution is -0.120. The van der Waals surface area contributed by atoms with E-state index in [4.69, 9.17) is 5.90 Å². The van der Waals surface area contributed by atoms with E-state index in [1.54, 1.807) is 11.3 Å². The maximum Gasteiger partial charge on any atom is 0.225 e. The van der Waals surface area contributed by atoms with Crippen LogP contribution in [0.2, 0.25) is 0 Å². The molecule has 0 spiro atoms. The Morgan fingerprint density at radius 2 is 2.54 bits per heavy atom. The molecule has 0 aliphatic carbocycles. The lowest BCUT2D eigenvalue weighted by atomic mass is 10.3. The number of hydrogen-bond acceptors (Lipinski definition) is 4. The molecule has 0 fully saturated rings. The molecule has 13 heavy (non-hydrogen) atoms. The molecule has 0 aromatic carbocycles. The summed E-state index contributed by atoms with van der Waals surface area (Å²) in [6.45, 7) is 0.802. The molecule has 0 saturated carbocycles. The van der Waals surface area contributed by atoms with Crippen LogP contribution in [0.4, 0.5) is 0 Å². The number of amides is 1. The number of carbonyl (C=O) groups excluding carboxylic acids is 1. The lowest BCUT2D eigenvalue weighted by Gasteiger charge is -2.01. The molecule has 0 aliphatic rings. The minimum Gasteiger partial charge on any atom is -0.353 e. The predicted octanol–water partition coefficient (Wildman–Crippen LogP) is 0.297. The Kier molecular flexibility index (Phi) is 4.45. The highest BCUT2D eigenvalue weighted by molar-refractivity contribution is 7.10. The van der Waals surface area contributed by atoms with Gasteiger partial charge in [0.2, 0.25) is 5.91 Å². The van der Waals surface area contributed by atoms with Crippen LogP contribution in [-0.4, -0.2) is 19.1 Å². The maximum atomic E-state index is 11.2. The van der Waals surface area contributed by atoms with Crippen LogP contribution in [0.25, 0.3) is 0 Å². The zero-order valence-electron chi connectivity index (χ0n) is 7.16. The van der Waals surface area contributed by atoms with Gasteiger partial charge in [-0.15, -0.1) is 11.3 Å². The molecule has 0 atom stereocenters. The molecule has 0 unspecified atom stereocenters. The average molecular weight is 200 g/mol. The molecule has 1 aromatic rings. The molecule has 5 heteroatoms. The number of thiophene rings is 1. The van der Waals surface area contributed by atoms with Gasteiger partial charge in [-0.05, 0) is 11.4 Å². The highest BCUT2D eigenvalue weighted by Gasteiger charge is 2.02. The lowest BCUT2D eigenvalue weighted by Crippen LogP contribution is -2.29. The fourth-order valence-corrected chi connectivity index (χ4v) is 1.59. The molecular weight excluding hydrogens is 188 g/mol. The van der Waals surface area contributed by atoms with E-state index < -0.39 is 0 Å². The van der Waals surface area contributed by atoms with Crippen LogP contribution in [0.15, 0.2) is 17.5 Å². The minimum absolute atomic E-state index is 0.000463. The smallest absolute Gasteiger partial charge is 0.225 e.